The molecule has 3 aliphatic heterocycles. The lowest BCUT2D eigenvalue weighted by atomic mass is 9.45. The molecule has 0 radical (unpaired) electrons. The third-order valence-corrected chi connectivity index (χ3v) is 34.7. The van der Waals surface area contributed by atoms with E-state index in [9.17, 15) is 59.1 Å². The molecule has 19 rings (SSSR count). The Morgan fingerprint density at radius 2 is 0.781 bits per heavy atom. The van der Waals surface area contributed by atoms with Gasteiger partial charge in [0.25, 0.3) is 23.6 Å². The zero-order valence-corrected chi connectivity index (χ0v) is 90.3. The van der Waals surface area contributed by atoms with Gasteiger partial charge in [0.1, 0.15) is 47.6 Å². The number of para-hydroxylation sites is 3. The van der Waals surface area contributed by atoms with E-state index >= 15 is 0 Å². The molecule has 32 heteroatoms. The number of carbonyl (C=O) groups is 7. The van der Waals surface area contributed by atoms with Crippen LogP contribution in [0.3, 0.4) is 0 Å². The Hall–Kier alpha value is -9.85. The highest BCUT2D eigenvalue weighted by atomic mass is 79.9. The number of aliphatic hydroxyl groups is 5. The number of halogens is 1. The second-order valence-corrected chi connectivity index (χ2v) is 45.5. The van der Waals surface area contributed by atoms with Crippen molar-refractivity contribution in [1.82, 2.24) is 62.2 Å². The number of nitrogens with two attached hydrogens (primary N) is 1. The summed E-state index contributed by atoms with van der Waals surface area (Å²) in [6.07, 6.45) is 2.50. The summed E-state index contributed by atoms with van der Waals surface area (Å²) in [5.41, 5.74) is 16.6. The average molecular weight is 2080 g/mol. The second kappa shape index (κ2) is 48.0. The smallest absolute Gasteiger partial charge is 0.251 e. The number of nitrogens with one attached hydrogen (secondary N) is 7. The van der Waals surface area contributed by atoms with Gasteiger partial charge in [-0.1, -0.05) is 175 Å². The summed E-state index contributed by atoms with van der Waals surface area (Å²) in [7, 11) is 14.1. The minimum atomic E-state index is -0.929. The number of benzene rings is 7. The summed E-state index contributed by atoms with van der Waals surface area (Å²) in [4.78, 5) is 117. The monoisotopic (exact) mass is 2080 g/mol. The second-order valence-electron chi connectivity index (χ2n) is 44.5. The molecule has 0 spiro atoms. The number of methoxy groups -OCH3 is 3. The number of nitrogens with zero attached hydrogens (tertiary/aromatic N) is 5. The van der Waals surface area contributed by atoms with Crippen molar-refractivity contribution in [2.45, 2.75) is 221 Å². The van der Waals surface area contributed by atoms with Gasteiger partial charge in [-0.15, -0.1) is 0 Å². The van der Waals surface area contributed by atoms with E-state index in [1.807, 2.05) is 153 Å². The van der Waals surface area contributed by atoms with E-state index in [4.69, 9.17) is 34.5 Å². The van der Waals surface area contributed by atoms with E-state index < -0.39 is 72.5 Å². The molecule has 146 heavy (non-hydrogen) atoms. The number of amides is 7. The Bertz CT molecular complexity index is 5680. The predicted molar refractivity (Wildman–Crippen MR) is 565 cm³/mol. The SMILES string of the molecule is CNC(=O)c1cccc(-c2cccc(CN3O[C@@H](CN)[C@H]([C@H](C)O)[C@H]3C(=O)N[C@H]3C[C@H]4C[C@@H]([C@@H]3C)C4(C)C)c2OC)c1.COc1c(CN2O[C@@H](CO)[C@H]([C@H](C)O)[C@H]2C(=O)N[C@H]2C[C@H]3C[C@@H]([C@@H]2C)C3(C)C)cccc1-c1cc(Br)cc(C(=O)NCCc2ccccc2)c1.COc1c(CN2O[C@@H](CO)[C@H]([C@H](C)O)[C@H]2C(=O)N[C@H]2C[C@H]3C[C@@H]([C@@H]2C)C3(C)C)cccc1-c1cc(C(=O)NCCN(C)C)cc(C(=O)NCCN(C)C)c1. The van der Waals surface area contributed by atoms with E-state index in [-0.39, 0.29) is 110 Å². The number of aliphatic hydroxyl groups excluding tert-OH is 5. The molecular formula is C114H158BrN13O18. The van der Waals surface area contributed by atoms with Gasteiger partial charge < -0.3 is 92.5 Å². The van der Waals surface area contributed by atoms with Crippen LogP contribution >= 0.6 is 15.9 Å². The van der Waals surface area contributed by atoms with E-state index in [0.29, 0.717) is 148 Å². The van der Waals surface area contributed by atoms with Gasteiger partial charge in [0, 0.05) is 142 Å². The zero-order valence-electron chi connectivity index (χ0n) is 88.7. The molecule has 7 amide bonds. The van der Waals surface area contributed by atoms with Gasteiger partial charge in [-0.05, 0) is 234 Å². The van der Waals surface area contributed by atoms with Gasteiger partial charge in [0.15, 0.2) is 0 Å². The molecule has 24 atom stereocenters. The van der Waals surface area contributed by atoms with Gasteiger partial charge in [-0.2, -0.15) is 15.2 Å². The molecule has 0 unspecified atom stereocenters. The third-order valence-electron chi connectivity index (χ3n) is 34.3. The quantitative estimate of drug-likeness (QED) is 0.0172. The molecule has 7 aromatic carbocycles. The van der Waals surface area contributed by atoms with Crippen molar-refractivity contribution in [3.63, 3.8) is 0 Å². The fourth-order valence-corrected chi connectivity index (χ4v) is 26.0. The van der Waals surface area contributed by atoms with Crippen molar-refractivity contribution in [3.8, 4) is 50.6 Å². The molecule has 3 saturated heterocycles. The number of ether oxygens (including phenoxy) is 3. The van der Waals surface area contributed by atoms with E-state index in [0.717, 1.165) is 69.1 Å². The first-order valence-electron chi connectivity index (χ1n) is 52.1. The van der Waals surface area contributed by atoms with Crippen LogP contribution in [0, 0.1) is 87.3 Å². The molecule has 9 aliphatic carbocycles. The molecule has 6 bridgehead atoms. The molecule has 3 heterocycles. The highest BCUT2D eigenvalue weighted by molar-refractivity contribution is 9.10. The van der Waals surface area contributed by atoms with Crippen LogP contribution in [-0.2, 0) is 55.0 Å². The molecule has 794 valence electrons. The molecule has 12 aliphatic rings. The minimum Gasteiger partial charge on any atom is -0.496 e. The number of carbonyl (C=O) groups excluding carboxylic acids is 7. The van der Waals surface area contributed by atoms with Crippen molar-refractivity contribution >= 4 is 57.3 Å². The van der Waals surface area contributed by atoms with Crippen LogP contribution in [0.15, 0.2) is 150 Å². The summed E-state index contributed by atoms with van der Waals surface area (Å²) in [6.45, 7) is 28.4. The number of hydroxylamine groups is 6. The normalized spacial score (nSPS) is 28.2. The number of hydrogen-bond acceptors (Lipinski definition) is 24. The Morgan fingerprint density at radius 3 is 1.12 bits per heavy atom. The lowest BCUT2D eigenvalue weighted by Gasteiger charge is -2.62. The summed E-state index contributed by atoms with van der Waals surface area (Å²) in [6, 6.07) is 42.9. The maximum absolute atomic E-state index is 14.3. The van der Waals surface area contributed by atoms with Gasteiger partial charge in [0.05, 0.1) is 78.6 Å². The lowest BCUT2D eigenvalue weighted by molar-refractivity contribution is -0.183. The minimum absolute atomic E-state index is 0.0125. The first kappa shape index (κ1) is 112. The fraction of sp³-hybridized carbons (Fsp3) is 0.570. The summed E-state index contributed by atoms with van der Waals surface area (Å²) in [5, 5.41) is 79.7. The highest BCUT2D eigenvalue weighted by Crippen LogP contribution is 2.64. The Labute approximate surface area is 870 Å². The zero-order chi connectivity index (χ0) is 106. The Balaban J connectivity index is 0.000000174. The maximum atomic E-state index is 14.3. The van der Waals surface area contributed by atoms with Crippen molar-refractivity contribution in [1.29, 1.82) is 0 Å². The number of fused-ring (bicyclic) bond motifs is 6. The van der Waals surface area contributed by atoms with Gasteiger partial charge in [-0.25, -0.2) is 0 Å². The van der Waals surface area contributed by atoms with Crippen LogP contribution in [0.1, 0.15) is 185 Å². The molecule has 0 aromatic heterocycles. The largest absolute Gasteiger partial charge is 0.496 e. The van der Waals surface area contributed by atoms with Crippen molar-refractivity contribution in [3.05, 3.63) is 195 Å². The van der Waals surface area contributed by atoms with E-state index in [1.165, 1.54) is 19.3 Å². The van der Waals surface area contributed by atoms with Gasteiger partial charge in [-0.3, -0.25) is 48.1 Å². The van der Waals surface area contributed by atoms with Crippen LogP contribution in [0.4, 0.5) is 0 Å². The molecule has 31 nitrogen and oxygen atoms in total. The first-order chi connectivity index (χ1) is 69.5. The molecule has 12 fully saturated rings. The van der Waals surface area contributed by atoms with Gasteiger partial charge in [0.2, 0.25) is 17.7 Å². The van der Waals surface area contributed by atoms with Crippen molar-refractivity contribution in [2.24, 2.45) is 93.0 Å². The summed E-state index contributed by atoms with van der Waals surface area (Å²) >= 11 is 3.59. The van der Waals surface area contributed by atoms with Crippen LogP contribution in [0.2, 0.25) is 0 Å². The van der Waals surface area contributed by atoms with Crippen LogP contribution in [-0.4, -0.2) is 274 Å². The molecule has 9 saturated carbocycles. The maximum Gasteiger partial charge on any atom is 0.251 e. The highest BCUT2D eigenvalue weighted by Gasteiger charge is 2.62. The summed E-state index contributed by atoms with van der Waals surface area (Å²) in [5.74, 6) is 2.82. The third kappa shape index (κ3) is 24.1. The van der Waals surface area contributed by atoms with Crippen molar-refractivity contribution < 1.29 is 87.8 Å². The topological polar surface area (TPSA) is 402 Å². The fourth-order valence-electron chi connectivity index (χ4n) is 25.5. The lowest BCUT2D eigenvalue weighted by Crippen LogP contribution is -2.62. The number of likely N-dealkylation sites (N-methyl/N-ethyl adjacent to an activating group) is 2. The molecule has 14 N–H and O–H groups in total. The van der Waals surface area contributed by atoms with Crippen LogP contribution in [0.25, 0.3) is 33.4 Å². The van der Waals surface area contributed by atoms with E-state index in [2.05, 4.69) is 115 Å². The first-order valence-corrected chi connectivity index (χ1v) is 52.9. The number of rotatable bonds is 37. The van der Waals surface area contributed by atoms with E-state index in [1.54, 1.807) is 94.7 Å². The number of hydrogen-bond donors (Lipinski definition) is 13. The molecular weight excluding hydrogens is 1920 g/mol. The Morgan fingerprint density at radius 1 is 0.438 bits per heavy atom. The van der Waals surface area contributed by atoms with Crippen molar-refractivity contribution in [2.75, 3.05) is 109 Å². The Kier molecular flexibility index (Phi) is 36.7. The standard InChI is InChI=1S/C41H62N6O7.C40H50BrN3O6.C33H46N4O5/c1-24-32-20-30(41(32,3)4)21-33(24)44-40(52)36-35(25(2)49)34(23-48)54-47(36)22-26-11-10-12-31(37(26)53-9)27-17-28(38(50)42-13-15-45(5)6)19-29(18-27)39(51)43-14-16-46(7)8;1-23-32-19-29(40(32,3)4)20-33(23)43-39(48)36-35(24(2)46)34(22-45)50-44(36)21-26-12-9-13-31(37(26)49-5)27-16-28(18-30(41)17-27)38(47)42-15-14-25-10-7-6-8-11-25;1-18-25-14-23(33(25,3)4)15-26(18)36-32(40)29-28(19(2)38)27(16-34)42-37(29)17-22-11-8-12-24(30(22)41-6)20-9-7-10-21(13-20)31(39)35-5/h10-12,17-19,24-25,30,32-36,48-49H,13-16,20-23H2,1-9H3,(H,42,50)(H,43,51)(H,44,52);6-13,16-18,23-24,29,32-36,45-46H,14-15,19-22H2,1-5H3,(H,42,47)(H,43,48);7-13,18-19,23,25-29,38H,14-17,34H2,1-6H3,(H,35,39)(H,36,40)/t24-,25-,30+,32-,33-,34-,35-,36-;23-,24-,29+,32-,33-,34-,35-,36-;18-,19-,23+,25-,26-,27-,28-,29-/m000/s1. The van der Waals surface area contributed by atoms with Gasteiger partial charge >= 0.3 is 0 Å². The summed E-state index contributed by atoms with van der Waals surface area (Å²) < 4.78 is 18.7. The van der Waals surface area contributed by atoms with Crippen LogP contribution in [0.5, 0.6) is 17.2 Å². The average Bonchev–Trinajstić information content (AvgIpc) is 1.04. The van der Waals surface area contributed by atoms with Crippen LogP contribution < -0.4 is 57.2 Å². The molecule has 7 aromatic rings. The predicted octanol–water partition coefficient (Wildman–Crippen LogP) is 11.7.